The number of carbonyl (C=O) groups is 5. The maximum Gasteiger partial charge on any atom is 0.307 e. The molecule has 0 aliphatic carbocycles. The molecule has 0 atom stereocenters. The fraction of sp³-hybridized carbons (Fsp3) is 0.352. The van der Waals surface area contributed by atoms with Crippen molar-refractivity contribution in [2.45, 2.75) is 44.9 Å². The number of fused-ring (bicyclic) bond motifs is 1. The Morgan fingerprint density at radius 3 is 1.43 bits per heavy atom. The van der Waals surface area contributed by atoms with Crippen LogP contribution in [0.4, 0.5) is 0 Å². The van der Waals surface area contributed by atoms with Gasteiger partial charge in [-0.15, -0.1) is 0 Å². The summed E-state index contributed by atoms with van der Waals surface area (Å²) in [6.45, 7) is 1.25. The summed E-state index contributed by atoms with van der Waals surface area (Å²) in [5.74, 6) is 2.53. The van der Waals surface area contributed by atoms with Crippen LogP contribution in [0.3, 0.4) is 0 Å². The Labute approximate surface area is 440 Å². The zero-order chi connectivity index (χ0) is 56.4. The molecule has 6 rings (SSSR count). The fourth-order valence-electron chi connectivity index (χ4n) is 6.41. The number of aliphatic carboxylic acids is 5. The fourth-order valence-corrected chi connectivity index (χ4v) is 6.41. The predicted octanol–water partition coefficient (Wildman–Crippen LogP) is 7.64. The Morgan fingerprint density at radius 2 is 0.882 bits per heavy atom. The van der Waals surface area contributed by atoms with Gasteiger partial charge in [0.1, 0.15) is 24.7 Å². The van der Waals surface area contributed by atoms with Gasteiger partial charge in [-0.1, -0.05) is 30.3 Å². The lowest BCUT2D eigenvalue weighted by Gasteiger charge is -2.18. The number of ether oxygens (including phenoxy) is 12. The van der Waals surface area contributed by atoms with Crippen molar-refractivity contribution in [3.63, 3.8) is 0 Å². The van der Waals surface area contributed by atoms with Crippen molar-refractivity contribution in [1.82, 2.24) is 0 Å². The van der Waals surface area contributed by atoms with Gasteiger partial charge < -0.3 is 82.4 Å². The van der Waals surface area contributed by atoms with Crippen molar-refractivity contribution in [1.29, 1.82) is 0 Å². The van der Waals surface area contributed by atoms with E-state index in [1.54, 1.807) is 89.1 Å². The summed E-state index contributed by atoms with van der Waals surface area (Å²) >= 11 is 0. The normalized spacial score (nSPS) is 10.4. The molecule has 0 radical (unpaired) electrons. The van der Waals surface area contributed by atoms with Gasteiger partial charge in [0.15, 0.2) is 46.0 Å². The SMILES string of the molecule is COc1ccc(CCC(=O)O)cc1OC.COc1ccc(OCCC(=O)O)c(OC)c1OC.COc1ccc(OCCC(=O)O)cc1OC.COc1ccccc1CCC(=O)O.O=C(O)Cc1ccc2c(c1)OCCO2. The third kappa shape index (κ3) is 23.3. The molecule has 1 heterocycles. The van der Waals surface area contributed by atoms with E-state index in [0.717, 1.165) is 22.4 Å². The topological polar surface area (TPSA) is 297 Å². The molecule has 0 saturated heterocycles. The molecular formula is C54H66O22. The third-order valence-electron chi connectivity index (χ3n) is 10.0. The lowest BCUT2D eigenvalue weighted by atomic mass is 10.1. The molecule has 5 aromatic rings. The molecule has 0 saturated carbocycles. The van der Waals surface area contributed by atoms with Crippen molar-refractivity contribution in [2.75, 3.05) is 83.3 Å². The van der Waals surface area contributed by atoms with Crippen LogP contribution in [0.5, 0.6) is 69.0 Å². The highest BCUT2D eigenvalue weighted by atomic mass is 16.6. The quantitative estimate of drug-likeness (QED) is 0.0396. The van der Waals surface area contributed by atoms with Gasteiger partial charge in [0.2, 0.25) is 11.5 Å². The predicted molar refractivity (Wildman–Crippen MR) is 274 cm³/mol. The number of para-hydroxylation sites is 1. The largest absolute Gasteiger partial charge is 0.496 e. The van der Waals surface area contributed by atoms with Gasteiger partial charge in [0.25, 0.3) is 0 Å². The highest BCUT2D eigenvalue weighted by Crippen LogP contribution is 2.44. The van der Waals surface area contributed by atoms with Crippen LogP contribution in [-0.2, 0) is 43.2 Å². The number of carboxylic acid groups (broad SMARTS) is 5. The second-order valence-corrected chi connectivity index (χ2v) is 15.2. The zero-order valence-electron chi connectivity index (χ0n) is 43.6. The number of hydrogen-bond donors (Lipinski definition) is 5. The van der Waals surface area contributed by atoms with Crippen molar-refractivity contribution in [3.05, 3.63) is 108 Å². The second-order valence-electron chi connectivity index (χ2n) is 15.2. The molecule has 0 spiro atoms. The first-order chi connectivity index (χ1) is 36.5. The molecule has 76 heavy (non-hydrogen) atoms. The summed E-state index contributed by atoms with van der Waals surface area (Å²) in [5.41, 5.74) is 2.59. The Morgan fingerprint density at radius 1 is 0.408 bits per heavy atom. The standard InChI is InChI=1S/C12H16O6.C11H14O5.C11H14O4.C10H10O4.C10H12O3/c1-15-8-4-5-9(18-7-6-10(13)14)12(17-3)11(8)16-2;1-14-9-4-3-8(7-10(9)15-2)16-6-5-11(12)13;1-14-9-5-3-8(4-6-11(12)13)7-10(9)15-2;11-10(12)6-7-1-2-8-9(5-7)14-4-3-13-8;1-13-9-5-3-2-4-8(9)6-7-10(11)12/h4-5H,6-7H2,1-3H3,(H,13,14);3-4,7H,5-6H2,1-2H3,(H,12,13);3,5,7H,4,6H2,1-2H3,(H,12,13);1-2,5H,3-4,6H2,(H,11,12);2-5H,6-7H2,1H3,(H,11,12). The molecule has 0 aromatic heterocycles. The number of methoxy groups -OCH3 is 8. The summed E-state index contributed by atoms with van der Waals surface area (Å²) < 4.78 is 62.1. The summed E-state index contributed by atoms with van der Waals surface area (Å²) in [5, 5.41) is 42.6. The van der Waals surface area contributed by atoms with Gasteiger partial charge in [-0.3, -0.25) is 24.0 Å². The first kappa shape index (κ1) is 63.2. The zero-order valence-corrected chi connectivity index (χ0v) is 43.6. The Bertz CT molecular complexity index is 2600. The van der Waals surface area contributed by atoms with Crippen LogP contribution in [0.25, 0.3) is 0 Å². The Balaban J connectivity index is 0.000000326. The van der Waals surface area contributed by atoms with Crippen LogP contribution in [-0.4, -0.2) is 139 Å². The summed E-state index contributed by atoms with van der Waals surface area (Å²) in [7, 11) is 12.2. The minimum atomic E-state index is -0.922. The number of carboxylic acids is 5. The van der Waals surface area contributed by atoms with Gasteiger partial charge in [0.05, 0.1) is 89.4 Å². The maximum absolute atomic E-state index is 10.5. The van der Waals surface area contributed by atoms with Gasteiger partial charge >= 0.3 is 29.8 Å². The van der Waals surface area contributed by atoms with Gasteiger partial charge in [0, 0.05) is 18.9 Å². The average Bonchev–Trinajstić information content (AvgIpc) is 3.41. The Hall–Kier alpha value is -8.95. The van der Waals surface area contributed by atoms with Crippen molar-refractivity contribution in [3.8, 4) is 69.0 Å². The number of hydrogen-bond acceptors (Lipinski definition) is 17. The van der Waals surface area contributed by atoms with Crippen molar-refractivity contribution in [2.24, 2.45) is 0 Å². The molecule has 1 aliphatic rings. The Kier molecular flexibility index (Phi) is 29.3. The summed E-state index contributed by atoms with van der Waals surface area (Å²) in [4.78, 5) is 51.9. The molecule has 0 unspecified atom stereocenters. The molecule has 0 fully saturated rings. The molecule has 1 aliphatic heterocycles. The molecule has 0 amide bonds. The van der Waals surface area contributed by atoms with Crippen molar-refractivity contribution >= 4 is 29.8 Å². The molecule has 22 heteroatoms. The molecule has 414 valence electrons. The average molecular weight is 1070 g/mol. The van der Waals surface area contributed by atoms with E-state index in [1.165, 1.54) is 28.4 Å². The van der Waals surface area contributed by atoms with E-state index in [2.05, 4.69) is 0 Å². The lowest BCUT2D eigenvalue weighted by molar-refractivity contribution is -0.138. The monoisotopic (exact) mass is 1070 g/mol. The molecule has 0 bridgehead atoms. The molecule has 5 N–H and O–H groups in total. The second kappa shape index (κ2) is 35.2. The highest BCUT2D eigenvalue weighted by molar-refractivity contribution is 5.71. The first-order valence-corrected chi connectivity index (χ1v) is 23.0. The number of aryl methyl sites for hydroxylation is 2. The van der Waals surface area contributed by atoms with Crippen LogP contribution >= 0.6 is 0 Å². The number of rotatable bonds is 24. The summed E-state index contributed by atoms with van der Waals surface area (Å²) in [6, 6.07) is 26.4. The highest BCUT2D eigenvalue weighted by Gasteiger charge is 2.18. The minimum Gasteiger partial charge on any atom is -0.496 e. The van der Waals surface area contributed by atoms with Crippen LogP contribution in [0.15, 0.2) is 91.0 Å². The minimum absolute atomic E-state index is 0.0106. The van der Waals surface area contributed by atoms with Crippen LogP contribution < -0.4 is 56.8 Å². The molecular weight excluding hydrogens is 1000 g/mol. The van der Waals surface area contributed by atoms with Crippen LogP contribution in [0.1, 0.15) is 42.4 Å². The van der Waals surface area contributed by atoms with E-state index in [0.29, 0.717) is 89.3 Å². The lowest BCUT2D eigenvalue weighted by Crippen LogP contribution is -2.15. The first-order valence-electron chi connectivity index (χ1n) is 23.0. The van der Waals surface area contributed by atoms with E-state index < -0.39 is 29.8 Å². The van der Waals surface area contributed by atoms with Crippen LogP contribution in [0.2, 0.25) is 0 Å². The van der Waals surface area contributed by atoms with E-state index in [9.17, 15) is 24.0 Å². The van der Waals surface area contributed by atoms with Gasteiger partial charge in [-0.2, -0.15) is 0 Å². The summed E-state index contributed by atoms with van der Waals surface area (Å²) in [6.07, 6.45) is 1.16. The molecule has 22 nitrogen and oxygen atoms in total. The smallest absolute Gasteiger partial charge is 0.307 e. The number of benzene rings is 5. The maximum atomic E-state index is 10.5. The van der Waals surface area contributed by atoms with E-state index in [4.69, 9.17) is 82.4 Å². The van der Waals surface area contributed by atoms with Crippen LogP contribution in [0, 0.1) is 0 Å². The third-order valence-corrected chi connectivity index (χ3v) is 10.0. The van der Waals surface area contributed by atoms with E-state index >= 15 is 0 Å². The van der Waals surface area contributed by atoms with Gasteiger partial charge in [-0.25, -0.2) is 0 Å². The van der Waals surface area contributed by atoms with E-state index in [-0.39, 0.29) is 45.3 Å². The molecule has 5 aromatic carbocycles. The van der Waals surface area contributed by atoms with E-state index in [1.807, 2.05) is 30.3 Å². The van der Waals surface area contributed by atoms with Crippen molar-refractivity contribution < 1.29 is 106 Å². The van der Waals surface area contributed by atoms with Gasteiger partial charge in [-0.05, 0) is 84.1 Å².